The molecular formula is C27H31FN4O4. The first kappa shape index (κ1) is 25.4. The molecule has 9 heteroatoms. The zero-order valence-electron chi connectivity index (χ0n) is 20.6. The standard InChI is InChI=1S/C27H31FN4O4/c1-3-32-22(18-30-13-15-31(16-14-30)25(33)19-9-6-5-7-10-19)23(26(34)36-4-2)24(29-27(32)35)20-11-8-12-21(28)17-20/h5-12,17,24H,3-4,13-16,18H2,1-2H3,(H,29,35)/t24-/m0/s1. The Kier molecular flexibility index (Phi) is 8.00. The summed E-state index contributed by atoms with van der Waals surface area (Å²) < 4.78 is 19.4. The minimum absolute atomic E-state index is 0.0138. The van der Waals surface area contributed by atoms with E-state index in [-0.39, 0.29) is 18.5 Å². The summed E-state index contributed by atoms with van der Waals surface area (Å²) in [7, 11) is 0. The number of hydrogen-bond donors (Lipinski definition) is 1. The number of urea groups is 1. The van der Waals surface area contributed by atoms with Gasteiger partial charge >= 0.3 is 12.0 Å². The van der Waals surface area contributed by atoms with Crippen LogP contribution in [-0.2, 0) is 9.53 Å². The summed E-state index contributed by atoms with van der Waals surface area (Å²) in [5, 5.41) is 2.85. The Morgan fingerprint density at radius 3 is 2.39 bits per heavy atom. The number of nitrogens with one attached hydrogen (secondary N) is 1. The van der Waals surface area contributed by atoms with Crippen molar-refractivity contribution in [2.24, 2.45) is 0 Å². The maximum Gasteiger partial charge on any atom is 0.338 e. The number of esters is 1. The number of amides is 3. The largest absolute Gasteiger partial charge is 0.463 e. The summed E-state index contributed by atoms with van der Waals surface area (Å²) in [5.41, 5.74) is 1.96. The number of carbonyl (C=O) groups excluding carboxylic acids is 3. The molecule has 2 aromatic rings. The first-order valence-electron chi connectivity index (χ1n) is 12.2. The molecule has 0 aromatic heterocycles. The van der Waals surface area contributed by atoms with Crippen LogP contribution < -0.4 is 5.32 Å². The molecule has 36 heavy (non-hydrogen) atoms. The van der Waals surface area contributed by atoms with Gasteiger partial charge < -0.3 is 15.0 Å². The number of nitrogens with zero attached hydrogens (tertiary/aromatic N) is 3. The third-order valence-electron chi connectivity index (χ3n) is 6.49. The SMILES string of the molecule is CCOC(=O)C1=C(CN2CCN(C(=O)c3ccccc3)CC2)N(CC)C(=O)N[C@H]1c1cccc(F)c1. The van der Waals surface area contributed by atoms with Gasteiger partial charge in [-0.25, -0.2) is 14.0 Å². The Morgan fingerprint density at radius 2 is 1.75 bits per heavy atom. The van der Waals surface area contributed by atoms with E-state index in [1.165, 1.54) is 17.0 Å². The monoisotopic (exact) mass is 494 g/mol. The number of likely N-dealkylation sites (N-methyl/N-ethyl adjacent to an activating group) is 1. The van der Waals surface area contributed by atoms with Crippen molar-refractivity contribution >= 4 is 17.9 Å². The Morgan fingerprint density at radius 1 is 1.03 bits per heavy atom. The summed E-state index contributed by atoms with van der Waals surface area (Å²) in [6.45, 7) is 6.64. The average Bonchev–Trinajstić information content (AvgIpc) is 2.89. The van der Waals surface area contributed by atoms with Crippen molar-refractivity contribution in [2.45, 2.75) is 19.9 Å². The van der Waals surface area contributed by atoms with E-state index in [1.54, 1.807) is 31.2 Å². The maximum absolute atomic E-state index is 14.0. The maximum atomic E-state index is 14.0. The Hall–Kier alpha value is -3.72. The fourth-order valence-corrected chi connectivity index (χ4v) is 4.68. The molecule has 2 aliphatic heterocycles. The molecular weight excluding hydrogens is 463 g/mol. The summed E-state index contributed by atoms with van der Waals surface area (Å²) in [5.74, 6) is -1.01. The highest BCUT2D eigenvalue weighted by molar-refractivity contribution is 5.95. The summed E-state index contributed by atoms with van der Waals surface area (Å²) in [6.07, 6.45) is 0. The fourth-order valence-electron chi connectivity index (χ4n) is 4.68. The number of halogens is 1. The van der Waals surface area contributed by atoms with Crippen molar-refractivity contribution in [1.82, 2.24) is 20.0 Å². The van der Waals surface area contributed by atoms with Crippen LogP contribution in [0.1, 0.15) is 35.8 Å². The smallest absolute Gasteiger partial charge is 0.338 e. The van der Waals surface area contributed by atoms with Gasteiger partial charge in [-0.1, -0.05) is 30.3 Å². The van der Waals surface area contributed by atoms with E-state index in [0.29, 0.717) is 61.7 Å². The predicted octanol–water partition coefficient (Wildman–Crippen LogP) is 3.19. The van der Waals surface area contributed by atoms with Crippen molar-refractivity contribution < 1.29 is 23.5 Å². The quantitative estimate of drug-likeness (QED) is 0.598. The van der Waals surface area contributed by atoms with Gasteiger partial charge in [-0.15, -0.1) is 0 Å². The number of benzene rings is 2. The highest BCUT2D eigenvalue weighted by atomic mass is 19.1. The van der Waals surface area contributed by atoms with Crippen LogP contribution in [0.4, 0.5) is 9.18 Å². The molecule has 0 aliphatic carbocycles. The van der Waals surface area contributed by atoms with E-state index in [0.717, 1.165) is 0 Å². The van der Waals surface area contributed by atoms with Crippen LogP contribution in [0.15, 0.2) is 65.9 Å². The Labute approximate surface area is 210 Å². The number of hydrogen-bond acceptors (Lipinski definition) is 5. The molecule has 0 unspecified atom stereocenters. The van der Waals surface area contributed by atoms with Crippen molar-refractivity contribution in [3.63, 3.8) is 0 Å². The molecule has 0 radical (unpaired) electrons. The highest BCUT2D eigenvalue weighted by Gasteiger charge is 2.38. The van der Waals surface area contributed by atoms with Crippen LogP contribution in [0.3, 0.4) is 0 Å². The van der Waals surface area contributed by atoms with Gasteiger partial charge in [0.1, 0.15) is 5.82 Å². The molecule has 3 amide bonds. The second-order valence-electron chi connectivity index (χ2n) is 8.70. The Bertz CT molecular complexity index is 1150. The lowest BCUT2D eigenvalue weighted by molar-refractivity contribution is -0.139. The van der Waals surface area contributed by atoms with Crippen LogP contribution in [0, 0.1) is 5.82 Å². The van der Waals surface area contributed by atoms with Gasteiger partial charge in [0.25, 0.3) is 5.91 Å². The van der Waals surface area contributed by atoms with E-state index in [9.17, 15) is 18.8 Å². The third kappa shape index (κ3) is 5.41. The molecule has 2 aliphatic rings. The second kappa shape index (κ2) is 11.3. The summed E-state index contributed by atoms with van der Waals surface area (Å²) in [6, 6.07) is 13.8. The van der Waals surface area contributed by atoms with Gasteiger partial charge in [0.2, 0.25) is 0 Å². The van der Waals surface area contributed by atoms with Crippen LogP contribution in [0.2, 0.25) is 0 Å². The van der Waals surface area contributed by atoms with E-state index >= 15 is 0 Å². The summed E-state index contributed by atoms with van der Waals surface area (Å²) >= 11 is 0. The van der Waals surface area contributed by atoms with Crippen LogP contribution >= 0.6 is 0 Å². The van der Waals surface area contributed by atoms with Crippen LogP contribution in [0.5, 0.6) is 0 Å². The highest BCUT2D eigenvalue weighted by Crippen LogP contribution is 2.32. The predicted molar refractivity (Wildman–Crippen MR) is 132 cm³/mol. The molecule has 1 N–H and O–H groups in total. The van der Waals surface area contributed by atoms with Crippen molar-refractivity contribution in [3.8, 4) is 0 Å². The van der Waals surface area contributed by atoms with Gasteiger partial charge in [-0.3, -0.25) is 14.6 Å². The van der Waals surface area contributed by atoms with Crippen molar-refractivity contribution in [1.29, 1.82) is 0 Å². The lowest BCUT2D eigenvalue weighted by Crippen LogP contribution is -2.53. The molecule has 0 bridgehead atoms. The van der Waals surface area contributed by atoms with Crippen molar-refractivity contribution in [2.75, 3.05) is 45.9 Å². The summed E-state index contributed by atoms with van der Waals surface area (Å²) in [4.78, 5) is 44.5. The van der Waals surface area contributed by atoms with E-state index in [4.69, 9.17) is 4.74 Å². The minimum Gasteiger partial charge on any atom is -0.463 e. The lowest BCUT2D eigenvalue weighted by Gasteiger charge is -2.40. The zero-order chi connectivity index (χ0) is 25.7. The molecule has 0 spiro atoms. The van der Waals surface area contributed by atoms with Gasteiger partial charge in [0.05, 0.1) is 18.2 Å². The van der Waals surface area contributed by atoms with E-state index in [1.807, 2.05) is 30.0 Å². The molecule has 1 atom stereocenters. The number of carbonyl (C=O) groups is 3. The molecule has 2 heterocycles. The number of ether oxygens (including phenoxy) is 1. The minimum atomic E-state index is -0.828. The molecule has 8 nitrogen and oxygen atoms in total. The topological polar surface area (TPSA) is 82.2 Å². The number of piperazine rings is 1. The number of rotatable bonds is 7. The fraction of sp³-hybridized carbons (Fsp3) is 0.370. The second-order valence-corrected chi connectivity index (χ2v) is 8.70. The van der Waals surface area contributed by atoms with E-state index < -0.39 is 17.8 Å². The molecule has 190 valence electrons. The lowest BCUT2D eigenvalue weighted by atomic mass is 9.94. The van der Waals surface area contributed by atoms with Gasteiger partial charge in [-0.2, -0.15) is 0 Å². The first-order chi connectivity index (χ1) is 17.4. The van der Waals surface area contributed by atoms with E-state index in [2.05, 4.69) is 10.2 Å². The van der Waals surface area contributed by atoms with Crippen molar-refractivity contribution in [3.05, 3.63) is 82.8 Å². The normalized spacial score (nSPS) is 18.8. The average molecular weight is 495 g/mol. The zero-order valence-corrected chi connectivity index (χ0v) is 20.6. The van der Waals surface area contributed by atoms with Gasteiger partial charge in [-0.05, 0) is 43.7 Å². The molecule has 1 saturated heterocycles. The molecule has 0 saturated carbocycles. The van der Waals surface area contributed by atoms with Gasteiger partial charge in [0.15, 0.2) is 0 Å². The Balaban J connectivity index is 1.60. The van der Waals surface area contributed by atoms with Crippen LogP contribution in [-0.4, -0.2) is 78.5 Å². The third-order valence-corrected chi connectivity index (χ3v) is 6.49. The first-order valence-corrected chi connectivity index (χ1v) is 12.2. The molecule has 2 aromatic carbocycles. The molecule has 1 fully saturated rings. The van der Waals surface area contributed by atoms with Gasteiger partial charge in [0, 0.05) is 50.5 Å². The molecule has 4 rings (SSSR count). The van der Waals surface area contributed by atoms with Crippen LogP contribution in [0.25, 0.3) is 0 Å².